The average Bonchev–Trinajstić information content (AvgIpc) is 2.30. The van der Waals surface area contributed by atoms with Crippen molar-refractivity contribution in [2.75, 3.05) is 0 Å². The van der Waals surface area contributed by atoms with Gasteiger partial charge in [0.1, 0.15) is 0 Å². The molecule has 0 aliphatic heterocycles. The summed E-state index contributed by atoms with van der Waals surface area (Å²) in [4.78, 5) is 0. The number of rotatable bonds is 2. The Morgan fingerprint density at radius 2 is 2.07 bits per heavy atom. The van der Waals surface area contributed by atoms with Crippen molar-refractivity contribution in [3.05, 3.63) is 17.5 Å². The van der Waals surface area contributed by atoms with E-state index in [-0.39, 0.29) is 11.5 Å². The molecule has 1 rings (SSSR count). The van der Waals surface area contributed by atoms with Gasteiger partial charge in [0.05, 0.1) is 18.3 Å². The Morgan fingerprint density at radius 3 is 2.43 bits per heavy atom. The lowest BCUT2D eigenvalue weighted by Gasteiger charge is -2.14. The summed E-state index contributed by atoms with van der Waals surface area (Å²) in [6, 6.07) is 2.09. The number of nitrogens with zero attached hydrogens (tertiary/aromatic N) is 2. The number of aliphatic hydroxyl groups is 1. The molecular formula is C11H20N2O. The van der Waals surface area contributed by atoms with Crippen molar-refractivity contribution >= 4 is 0 Å². The van der Waals surface area contributed by atoms with Crippen LogP contribution in [0.3, 0.4) is 0 Å². The van der Waals surface area contributed by atoms with Gasteiger partial charge in [-0.15, -0.1) is 0 Å². The molecule has 0 radical (unpaired) electrons. The van der Waals surface area contributed by atoms with E-state index in [0.29, 0.717) is 6.54 Å². The van der Waals surface area contributed by atoms with E-state index in [1.165, 1.54) is 0 Å². The fourth-order valence-corrected chi connectivity index (χ4v) is 1.31. The summed E-state index contributed by atoms with van der Waals surface area (Å²) in [6.45, 7) is 10.8. The molecule has 80 valence electrons. The highest BCUT2D eigenvalue weighted by Crippen LogP contribution is 2.21. The maximum absolute atomic E-state index is 9.28. The topological polar surface area (TPSA) is 38.0 Å². The van der Waals surface area contributed by atoms with Crippen molar-refractivity contribution in [2.24, 2.45) is 0 Å². The van der Waals surface area contributed by atoms with Gasteiger partial charge in [0.15, 0.2) is 0 Å². The Kier molecular flexibility index (Phi) is 3.00. The zero-order valence-corrected chi connectivity index (χ0v) is 9.70. The fraction of sp³-hybridized carbons (Fsp3) is 0.727. The summed E-state index contributed by atoms with van der Waals surface area (Å²) >= 11 is 0. The molecule has 0 unspecified atom stereocenters. The van der Waals surface area contributed by atoms with Crippen molar-refractivity contribution in [3.63, 3.8) is 0 Å². The Hall–Kier alpha value is -0.830. The molecule has 1 heterocycles. The first-order valence-electron chi connectivity index (χ1n) is 5.03. The molecule has 14 heavy (non-hydrogen) atoms. The summed E-state index contributed by atoms with van der Waals surface area (Å²) in [5, 5.41) is 13.8. The van der Waals surface area contributed by atoms with Crippen molar-refractivity contribution in [3.8, 4) is 0 Å². The first kappa shape index (κ1) is 11.2. The van der Waals surface area contributed by atoms with Crippen molar-refractivity contribution in [1.29, 1.82) is 0 Å². The molecule has 3 nitrogen and oxygen atoms in total. The molecule has 1 atom stereocenters. The minimum absolute atomic E-state index is 0.0781. The summed E-state index contributed by atoms with van der Waals surface area (Å²) < 4.78 is 1.87. The van der Waals surface area contributed by atoms with Gasteiger partial charge in [-0.05, 0) is 19.9 Å². The van der Waals surface area contributed by atoms with Crippen molar-refractivity contribution in [2.45, 2.75) is 52.7 Å². The molecule has 0 amide bonds. The third-order valence-electron chi connectivity index (χ3n) is 2.19. The first-order chi connectivity index (χ1) is 6.30. The molecular weight excluding hydrogens is 176 g/mol. The monoisotopic (exact) mass is 196 g/mol. The quantitative estimate of drug-likeness (QED) is 0.784. The second kappa shape index (κ2) is 3.73. The first-order valence-corrected chi connectivity index (χ1v) is 5.03. The minimum atomic E-state index is -0.346. The lowest BCUT2D eigenvalue weighted by Crippen LogP contribution is -2.16. The van der Waals surface area contributed by atoms with E-state index in [9.17, 15) is 5.11 Å². The van der Waals surface area contributed by atoms with Crippen LogP contribution in [-0.4, -0.2) is 21.0 Å². The molecule has 0 saturated heterocycles. The van der Waals surface area contributed by atoms with Gasteiger partial charge in [-0.2, -0.15) is 5.10 Å². The van der Waals surface area contributed by atoms with Gasteiger partial charge in [0, 0.05) is 11.1 Å². The van der Waals surface area contributed by atoms with Crippen LogP contribution in [0.15, 0.2) is 6.07 Å². The van der Waals surface area contributed by atoms with Crippen LogP contribution in [0.4, 0.5) is 0 Å². The molecule has 1 N–H and O–H groups in total. The Balaban J connectivity index is 2.94. The zero-order chi connectivity index (χ0) is 10.9. The number of aliphatic hydroxyl groups excluding tert-OH is 1. The normalized spacial score (nSPS) is 14.4. The smallest absolute Gasteiger partial charge is 0.0708 e. The second-order valence-corrected chi connectivity index (χ2v) is 4.95. The van der Waals surface area contributed by atoms with Crippen LogP contribution in [0.25, 0.3) is 0 Å². The van der Waals surface area contributed by atoms with E-state index >= 15 is 0 Å². The van der Waals surface area contributed by atoms with Gasteiger partial charge in [0.25, 0.3) is 0 Å². The van der Waals surface area contributed by atoms with E-state index in [0.717, 1.165) is 11.4 Å². The number of hydrogen-bond acceptors (Lipinski definition) is 2. The molecule has 0 aliphatic carbocycles. The summed E-state index contributed by atoms with van der Waals surface area (Å²) in [7, 11) is 0. The van der Waals surface area contributed by atoms with Crippen LogP contribution in [0, 0.1) is 6.92 Å². The van der Waals surface area contributed by atoms with Gasteiger partial charge >= 0.3 is 0 Å². The molecule has 1 aromatic rings. The minimum Gasteiger partial charge on any atom is -0.391 e. The van der Waals surface area contributed by atoms with Gasteiger partial charge in [0.2, 0.25) is 0 Å². The van der Waals surface area contributed by atoms with Gasteiger partial charge in [-0.3, -0.25) is 4.68 Å². The Bertz CT molecular complexity index is 308. The average molecular weight is 196 g/mol. The van der Waals surface area contributed by atoms with Crippen LogP contribution < -0.4 is 0 Å². The molecule has 0 saturated carbocycles. The van der Waals surface area contributed by atoms with Crippen LogP contribution in [-0.2, 0) is 12.0 Å². The highest BCUT2D eigenvalue weighted by Gasteiger charge is 2.18. The molecule has 3 heteroatoms. The van der Waals surface area contributed by atoms with E-state index in [1.54, 1.807) is 6.92 Å². The second-order valence-electron chi connectivity index (χ2n) is 4.95. The van der Waals surface area contributed by atoms with E-state index in [4.69, 9.17) is 0 Å². The van der Waals surface area contributed by atoms with Crippen LogP contribution >= 0.6 is 0 Å². The zero-order valence-electron chi connectivity index (χ0n) is 9.70. The van der Waals surface area contributed by atoms with Crippen molar-refractivity contribution < 1.29 is 5.11 Å². The number of hydrogen-bond donors (Lipinski definition) is 1. The molecule has 0 bridgehead atoms. The third-order valence-corrected chi connectivity index (χ3v) is 2.19. The van der Waals surface area contributed by atoms with Crippen LogP contribution in [0.1, 0.15) is 39.1 Å². The summed E-state index contributed by atoms with van der Waals surface area (Å²) in [5.41, 5.74) is 2.26. The molecule has 0 aliphatic rings. The van der Waals surface area contributed by atoms with E-state index < -0.39 is 0 Å². The fourth-order valence-electron chi connectivity index (χ4n) is 1.31. The maximum atomic E-state index is 9.28. The highest BCUT2D eigenvalue weighted by molar-refractivity contribution is 5.16. The summed E-state index contributed by atoms with van der Waals surface area (Å²) in [6.07, 6.45) is -0.346. The molecule has 0 fully saturated rings. The standard InChI is InChI=1S/C11H20N2O/c1-8-6-10(11(3,4)5)12-13(8)7-9(2)14/h6,9,14H,7H2,1-5H3/t9-/m0/s1. The Labute approximate surface area is 85.8 Å². The number of aryl methyl sites for hydroxylation is 1. The Morgan fingerprint density at radius 1 is 1.50 bits per heavy atom. The molecule has 0 aromatic carbocycles. The maximum Gasteiger partial charge on any atom is 0.0708 e. The van der Waals surface area contributed by atoms with Crippen LogP contribution in [0.2, 0.25) is 0 Å². The van der Waals surface area contributed by atoms with Gasteiger partial charge < -0.3 is 5.11 Å². The number of aromatic nitrogens is 2. The predicted octanol–water partition coefficient (Wildman–Crippen LogP) is 1.87. The van der Waals surface area contributed by atoms with Crippen molar-refractivity contribution in [1.82, 2.24) is 9.78 Å². The predicted molar refractivity (Wildman–Crippen MR) is 57.3 cm³/mol. The highest BCUT2D eigenvalue weighted by atomic mass is 16.3. The van der Waals surface area contributed by atoms with Gasteiger partial charge in [-0.25, -0.2) is 0 Å². The summed E-state index contributed by atoms with van der Waals surface area (Å²) in [5.74, 6) is 0. The SMILES string of the molecule is Cc1cc(C(C)(C)C)nn1C[C@H](C)O. The largest absolute Gasteiger partial charge is 0.391 e. The molecule has 0 spiro atoms. The van der Waals surface area contributed by atoms with Gasteiger partial charge in [-0.1, -0.05) is 20.8 Å². The van der Waals surface area contributed by atoms with Crippen LogP contribution in [0.5, 0.6) is 0 Å². The lowest BCUT2D eigenvalue weighted by molar-refractivity contribution is 0.167. The molecule has 1 aromatic heterocycles. The third kappa shape index (κ3) is 2.58. The lowest BCUT2D eigenvalue weighted by atomic mass is 9.92. The van der Waals surface area contributed by atoms with E-state index in [2.05, 4.69) is 31.9 Å². The van der Waals surface area contributed by atoms with E-state index in [1.807, 2.05) is 11.6 Å².